The molecular formula is C11H15N3. The van der Waals surface area contributed by atoms with Crippen LogP contribution in [0.2, 0.25) is 0 Å². The van der Waals surface area contributed by atoms with Gasteiger partial charge in [0.2, 0.25) is 0 Å². The molecule has 14 heavy (non-hydrogen) atoms. The van der Waals surface area contributed by atoms with Crippen molar-refractivity contribution < 1.29 is 0 Å². The summed E-state index contributed by atoms with van der Waals surface area (Å²) in [5.41, 5.74) is -0.0850. The minimum absolute atomic E-state index is 0.0850. The number of pyridine rings is 1. The highest BCUT2D eigenvalue weighted by Crippen LogP contribution is 2.12. The van der Waals surface area contributed by atoms with E-state index in [1.165, 1.54) is 0 Å². The lowest BCUT2D eigenvalue weighted by atomic mass is 10.0. The number of hydrogen-bond donors (Lipinski definition) is 0. The summed E-state index contributed by atoms with van der Waals surface area (Å²) in [6.07, 6.45) is 2.67. The number of rotatable bonds is 3. The van der Waals surface area contributed by atoms with Crippen molar-refractivity contribution in [3.63, 3.8) is 0 Å². The molecule has 3 nitrogen and oxygen atoms in total. The van der Waals surface area contributed by atoms with E-state index in [2.05, 4.69) is 27.9 Å². The Labute approximate surface area is 84.6 Å². The van der Waals surface area contributed by atoms with Crippen molar-refractivity contribution in [2.45, 2.75) is 32.7 Å². The van der Waals surface area contributed by atoms with Crippen molar-refractivity contribution >= 4 is 11.8 Å². The molecule has 0 bridgehead atoms. The van der Waals surface area contributed by atoms with E-state index in [9.17, 15) is 0 Å². The van der Waals surface area contributed by atoms with Crippen molar-refractivity contribution in [1.82, 2.24) is 4.98 Å². The predicted molar refractivity (Wildman–Crippen MR) is 58.1 cm³/mol. The van der Waals surface area contributed by atoms with Crippen molar-refractivity contribution in [3.05, 3.63) is 24.4 Å². The maximum Gasteiger partial charge on any atom is 0.163 e. The molecule has 1 aromatic heterocycles. The highest BCUT2D eigenvalue weighted by molar-refractivity contribution is 5.49. The third-order valence-corrected chi connectivity index (χ3v) is 2.03. The van der Waals surface area contributed by atoms with Crippen LogP contribution in [0.25, 0.3) is 0 Å². The molecule has 0 atom stereocenters. The molecule has 0 amide bonds. The first kappa shape index (κ1) is 10.6. The Hall–Kier alpha value is -1.47. The number of aliphatic imine (C=N–C) groups is 2. The van der Waals surface area contributed by atoms with Crippen molar-refractivity contribution in [2.75, 3.05) is 0 Å². The molecule has 0 aliphatic heterocycles. The summed E-state index contributed by atoms with van der Waals surface area (Å²) in [5, 5.41) is 0. The fourth-order valence-corrected chi connectivity index (χ4v) is 0.711. The van der Waals surface area contributed by atoms with Gasteiger partial charge >= 0.3 is 0 Å². The number of nitrogens with zero attached hydrogens (tertiary/aromatic N) is 3. The second-order valence-electron chi connectivity index (χ2n) is 3.68. The van der Waals surface area contributed by atoms with E-state index in [-0.39, 0.29) is 5.54 Å². The topological polar surface area (TPSA) is 37.6 Å². The van der Waals surface area contributed by atoms with Crippen LogP contribution in [0.3, 0.4) is 0 Å². The molecular weight excluding hydrogens is 174 g/mol. The van der Waals surface area contributed by atoms with Crippen LogP contribution in [-0.2, 0) is 0 Å². The highest BCUT2D eigenvalue weighted by Gasteiger charge is 2.10. The van der Waals surface area contributed by atoms with Gasteiger partial charge in [0.15, 0.2) is 5.82 Å². The zero-order valence-corrected chi connectivity index (χ0v) is 8.86. The summed E-state index contributed by atoms with van der Waals surface area (Å²) in [7, 11) is 0. The van der Waals surface area contributed by atoms with Crippen LogP contribution in [0.4, 0.5) is 5.82 Å². The summed E-state index contributed by atoms with van der Waals surface area (Å²) in [5.74, 6) is 0.642. The molecule has 0 N–H and O–H groups in total. The lowest BCUT2D eigenvalue weighted by molar-refractivity contribution is 0.508. The van der Waals surface area contributed by atoms with E-state index in [1.54, 1.807) is 6.20 Å². The van der Waals surface area contributed by atoms with Crippen LogP contribution in [-0.4, -0.2) is 16.5 Å². The third kappa shape index (κ3) is 3.50. The average molecular weight is 189 g/mol. The van der Waals surface area contributed by atoms with Crippen LogP contribution in [0.5, 0.6) is 0 Å². The molecule has 0 radical (unpaired) electrons. The van der Waals surface area contributed by atoms with E-state index in [0.29, 0.717) is 5.82 Å². The van der Waals surface area contributed by atoms with Gasteiger partial charge in [-0.05, 0) is 32.4 Å². The predicted octanol–water partition coefficient (Wildman–Crippen LogP) is 3.08. The summed E-state index contributed by atoms with van der Waals surface area (Å²) in [6.45, 7) is 6.19. The number of aromatic nitrogens is 1. The Bertz CT molecular complexity index is 335. The first-order valence-electron chi connectivity index (χ1n) is 4.73. The van der Waals surface area contributed by atoms with Gasteiger partial charge in [-0.15, -0.1) is 0 Å². The standard InChI is InChI=1S/C11H15N3/c1-4-11(2,3)14-9-13-10-7-5-6-8-12-10/h5-8H,4H2,1-3H3. The molecule has 1 aromatic rings. The van der Waals surface area contributed by atoms with Crippen LogP contribution in [0.1, 0.15) is 27.2 Å². The Kier molecular flexibility index (Phi) is 3.55. The Balaban J connectivity index is 2.74. The van der Waals surface area contributed by atoms with Gasteiger partial charge < -0.3 is 0 Å². The summed E-state index contributed by atoms with van der Waals surface area (Å²) in [6, 6.07) is 8.24. The van der Waals surface area contributed by atoms with Gasteiger partial charge in [0, 0.05) is 6.20 Å². The lowest BCUT2D eigenvalue weighted by Gasteiger charge is -2.12. The fraction of sp³-hybridized carbons (Fsp3) is 0.455. The van der Waals surface area contributed by atoms with E-state index in [0.717, 1.165) is 6.42 Å². The molecule has 0 saturated carbocycles. The van der Waals surface area contributed by atoms with Crippen molar-refractivity contribution in [3.8, 4) is 0 Å². The molecule has 74 valence electrons. The van der Waals surface area contributed by atoms with Gasteiger partial charge in [0.1, 0.15) is 0 Å². The van der Waals surface area contributed by atoms with Crippen LogP contribution in [0, 0.1) is 0 Å². The zero-order valence-electron chi connectivity index (χ0n) is 8.86. The maximum atomic E-state index is 4.21. The fourth-order valence-electron chi connectivity index (χ4n) is 0.711. The molecule has 0 fully saturated rings. The van der Waals surface area contributed by atoms with Crippen LogP contribution < -0.4 is 0 Å². The van der Waals surface area contributed by atoms with Gasteiger partial charge in [-0.3, -0.25) is 0 Å². The van der Waals surface area contributed by atoms with Gasteiger partial charge in [-0.1, -0.05) is 13.0 Å². The minimum Gasteiger partial charge on any atom is -0.236 e. The van der Waals surface area contributed by atoms with Crippen LogP contribution in [0.15, 0.2) is 34.4 Å². The summed E-state index contributed by atoms with van der Waals surface area (Å²) in [4.78, 5) is 12.3. The van der Waals surface area contributed by atoms with Gasteiger partial charge in [-0.25, -0.2) is 9.98 Å². The SMILES string of the molecule is CCC(C)(C)N=C=Nc1ccccn1. The third-order valence-electron chi connectivity index (χ3n) is 2.03. The lowest BCUT2D eigenvalue weighted by Crippen LogP contribution is -2.13. The Morgan fingerprint density at radius 1 is 1.43 bits per heavy atom. The number of hydrogen-bond acceptors (Lipinski definition) is 3. The quantitative estimate of drug-likeness (QED) is 0.673. The smallest absolute Gasteiger partial charge is 0.163 e. The second-order valence-corrected chi connectivity index (χ2v) is 3.68. The molecule has 0 unspecified atom stereocenters. The molecule has 0 spiro atoms. The first-order valence-corrected chi connectivity index (χ1v) is 4.73. The maximum absolute atomic E-state index is 4.21. The van der Waals surface area contributed by atoms with Crippen LogP contribution >= 0.6 is 0 Å². The van der Waals surface area contributed by atoms with Crippen molar-refractivity contribution in [2.24, 2.45) is 9.98 Å². The summed E-state index contributed by atoms with van der Waals surface area (Å²) < 4.78 is 0. The Morgan fingerprint density at radius 3 is 2.79 bits per heavy atom. The molecule has 1 heterocycles. The zero-order chi connectivity index (χ0) is 10.4. The first-order chi connectivity index (χ1) is 6.64. The van der Waals surface area contributed by atoms with Crippen molar-refractivity contribution in [1.29, 1.82) is 0 Å². The van der Waals surface area contributed by atoms with E-state index < -0.39 is 0 Å². The van der Waals surface area contributed by atoms with E-state index >= 15 is 0 Å². The van der Waals surface area contributed by atoms with E-state index in [4.69, 9.17) is 0 Å². The molecule has 0 saturated heterocycles. The molecule has 3 heteroatoms. The molecule has 0 aromatic carbocycles. The monoisotopic (exact) mass is 189 g/mol. The largest absolute Gasteiger partial charge is 0.236 e. The minimum atomic E-state index is -0.0850. The molecule has 0 aliphatic carbocycles. The highest BCUT2D eigenvalue weighted by atomic mass is 14.9. The Morgan fingerprint density at radius 2 is 2.21 bits per heavy atom. The summed E-state index contributed by atoms with van der Waals surface area (Å²) >= 11 is 0. The molecule has 1 rings (SSSR count). The van der Waals surface area contributed by atoms with Gasteiger partial charge in [0.25, 0.3) is 0 Å². The normalized spacial score (nSPS) is 10.5. The van der Waals surface area contributed by atoms with Gasteiger partial charge in [-0.2, -0.15) is 4.99 Å². The van der Waals surface area contributed by atoms with E-state index in [1.807, 2.05) is 32.0 Å². The average Bonchev–Trinajstić information content (AvgIpc) is 2.19. The molecule has 0 aliphatic rings. The van der Waals surface area contributed by atoms with Gasteiger partial charge in [0.05, 0.1) is 11.5 Å². The second kappa shape index (κ2) is 4.68.